The first-order valence-corrected chi connectivity index (χ1v) is 6.84. The molecular weight excluding hydrogens is 416 g/mol. The van der Waals surface area contributed by atoms with Gasteiger partial charge in [-0.2, -0.15) is 0 Å². The number of carboxylic acid groups (broad SMARTS) is 1. The number of aromatic nitrogens is 2. The number of carbonyl (C=O) groups is 1. The first-order valence-electron chi connectivity index (χ1n) is 6.84. The number of aliphatic hydroxyl groups is 2. The van der Waals surface area contributed by atoms with Gasteiger partial charge in [-0.15, -0.1) is 0 Å². The Labute approximate surface area is 154 Å². The average molecular weight is 437 g/mol. The van der Waals surface area contributed by atoms with E-state index in [0.717, 1.165) is 11.5 Å². The van der Waals surface area contributed by atoms with Gasteiger partial charge in [-0.1, -0.05) is 0 Å². The molecule has 2 heterocycles. The number of fused-ring (bicyclic) bond motifs is 1. The summed E-state index contributed by atoms with van der Waals surface area (Å²) in [7, 11) is 4.79. The molecule has 1 unspecified atom stereocenters. The van der Waals surface area contributed by atoms with Crippen molar-refractivity contribution in [1.82, 2.24) is 9.13 Å². The summed E-state index contributed by atoms with van der Waals surface area (Å²) in [4.78, 5) is 36.4. The fourth-order valence-corrected chi connectivity index (χ4v) is 2.38. The van der Waals surface area contributed by atoms with E-state index in [4.69, 9.17) is 15.0 Å². The quantitative estimate of drug-likeness (QED) is 0.464. The molecule has 1 aliphatic heterocycles. The van der Waals surface area contributed by atoms with Crippen molar-refractivity contribution in [3.05, 3.63) is 20.8 Å². The van der Waals surface area contributed by atoms with Crippen molar-refractivity contribution in [3.63, 3.8) is 0 Å². The Hall–Kier alpha value is -1.59. The van der Waals surface area contributed by atoms with Gasteiger partial charge in [-0.05, 0) is 6.92 Å². The second-order valence-corrected chi connectivity index (χ2v) is 5.27. The Kier molecular flexibility index (Phi) is 8.44. The minimum atomic E-state index is -1.08. The van der Waals surface area contributed by atoms with E-state index in [1.807, 2.05) is 0 Å². The summed E-state index contributed by atoms with van der Waals surface area (Å²) in [6, 6.07) is 0. The molecular formula is C13H21AgN4O6. The van der Waals surface area contributed by atoms with Crippen molar-refractivity contribution in [2.75, 3.05) is 36.7 Å². The SMILES string of the molecule is CC(=O)[O-].CN1CN(CC(O)CO)c2c1n(C)c(=O)n(C)c2=O.[Ag+]. The van der Waals surface area contributed by atoms with Crippen molar-refractivity contribution in [3.8, 4) is 0 Å². The van der Waals surface area contributed by atoms with Crippen molar-refractivity contribution in [1.29, 1.82) is 0 Å². The number of hydrogen-bond donors (Lipinski definition) is 2. The van der Waals surface area contributed by atoms with Crippen molar-refractivity contribution in [2.45, 2.75) is 13.0 Å². The Morgan fingerprint density at radius 1 is 1.25 bits per heavy atom. The number of carboxylic acids is 1. The molecule has 2 rings (SSSR count). The molecule has 10 nitrogen and oxygen atoms in total. The number of β-amino-alcohol motifs (C(OH)–C–C–N with tert-alkyl or cyclic N) is 1. The third kappa shape index (κ3) is 4.71. The molecule has 1 aromatic rings. The molecule has 1 aliphatic rings. The van der Waals surface area contributed by atoms with Crippen LogP contribution in [0, 0.1) is 0 Å². The molecule has 0 aliphatic carbocycles. The number of anilines is 2. The summed E-state index contributed by atoms with van der Waals surface area (Å²) in [6.07, 6.45) is -0.929. The van der Waals surface area contributed by atoms with Crippen LogP contribution in [0.3, 0.4) is 0 Å². The standard InChI is InChI=1S/C11H18N4O4.C2H4O2.Ag/c1-12-6-15(4-7(17)5-16)8-9(12)13(2)11(19)14(3)10(8)18;1-2(3)4;/h7,16-17H,4-6H2,1-3H3;1H3,(H,3,4);/q;;+1/p-1. The molecule has 0 saturated heterocycles. The minimum absolute atomic E-state index is 0. The van der Waals surface area contributed by atoms with Gasteiger partial charge in [0.1, 0.15) is 11.5 Å². The van der Waals surface area contributed by atoms with Gasteiger partial charge >= 0.3 is 28.1 Å². The Morgan fingerprint density at radius 3 is 2.21 bits per heavy atom. The number of hydrogen-bond acceptors (Lipinski definition) is 8. The van der Waals surface area contributed by atoms with E-state index < -0.39 is 17.6 Å². The monoisotopic (exact) mass is 436 g/mol. The zero-order chi connectivity index (χ0) is 17.9. The van der Waals surface area contributed by atoms with Crippen LogP contribution in [-0.2, 0) is 41.3 Å². The van der Waals surface area contributed by atoms with E-state index >= 15 is 0 Å². The molecule has 0 saturated carbocycles. The summed E-state index contributed by atoms with van der Waals surface area (Å²) in [5.74, 6) is -0.557. The van der Waals surface area contributed by atoms with Gasteiger partial charge in [0.05, 0.1) is 19.4 Å². The summed E-state index contributed by atoms with van der Waals surface area (Å²) >= 11 is 0. The van der Waals surface area contributed by atoms with Crippen LogP contribution in [-0.4, -0.2) is 58.3 Å². The maximum Gasteiger partial charge on any atom is 1.00 e. The largest absolute Gasteiger partial charge is 1.00 e. The van der Waals surface area contributed by atoms with Gasteiger partial charge in [0.15, 0.2) is 0 Å². The normalized spacial score (nSPS) is 13.6. The Bertz CT molecular complexity index is 697. The molecule has 11 heteroatoms. The number of aliphatic hydroxyl groups excluding tert-OH is 2. The summed E-state index contributed by atoms with van der Waals surface area (Å²) in [6.45, 7) is 1.13. The minimum Gasteiger partial charge on any atom is -0.550 e. The maximum absolute atomic E-state index is 12.2. The van der Waals surface area contributed by atoms with Crippen molar-refractivity contribution < 1.29 is 42.5 Å². The summed E-state index contributed by atoms with van der Waals surface area (Å²) < 4.78 is 2.44. The molecule has 0 aromatic carbocycles. The molecule has 0 radical (unpaired) electrons. The molecule has 0 spiro atoms. The number of rotatable bonds is 3. The van der Waals surface area contributed by atoms with Crippen LogP contribution in [0.25, 0.3) is 0 Å². The molecule has 2 N–H and O–H groups in total. The van der Waals surface area contributed by atoms with Gasteiger partial charge in [0, 0.05) is 33.7 Å². The van der Waals surface area contributed by atoms with Gasteiger partial charge in [0.25, 0.3) is 5.56 Å². The topological polar surface area (TPSA) is 131 Å². The molecule has 0 bridgehead atoms. The fourth-order valence-electron chi connectivity index (χ4n) is 2.38. The van der Waals surface area contributed by atoms with Gasteiger partial charge in [0.2, 0.25) is 0 Å². The van der Waals surface area contributed by atoms with Gasteiger partial charge in [-0.25, -0.2) is 4.79 Å². The predicted octanol–water partition coefficient (Wildman–Crippen LogP) is -3.60. The van der Waals surface area contributed by atoms with Gasteiger partial charge in [-0.3, -0.25) is 13.9 Å². The Morgan fingerprint density at radius 2 is 1.75 bits per heavy atom. The van der Waals surface area contributed by atoms with E-state index in [9.17, 15) is 14.7 Å². The first kappa shape index (κ1) is 22.4. The molecule has 0 amide bonds. The molecule has 1 aromatic heterocycles. The molecule has 1 atom stereocenters. The van der Waals surface area contributed by atoms with Crippen LogP contribution in [0.5, 0.6) is 0 Å². The summed E-state index contributed by atoms with van der Waals surface area (Å²) in [5, 5.41) is 27.3. The fraction of sp³-hybridized carbons (Fsp3) is 0.615. The van der Waals surface area contributed by atoms with Crippen LogP contribution < -0.4 is 26.2 Å². The molecule has 0 fully saturated rings. The number of nitrogens with zero attached hydrogens (tertiary/aromatic N) is 4. The van der Waals surface area contributed by atoms with Crippen molar-refractivity contribution in [2.24, 2.45) is 14.1 Å². The van der Waals surface area contributed by atoms with E-state index in [1.165, 1.54) is 11.6 Å². The van der Waals surface area contributed by atoms with E-state index in [1.54, 1.807) is 23.9 Å². The predicted molar refractivity (Wildman–Crippen MR) is 81.3 cm³/mol. The molecule has 24 heavy (non-hydrogen) atoms. The van der Waals surface area contributed by atoms with Crippen LogP contribution in [0.15, 0.2) is 9.59 Å². The van der Waals surface area contributed by atoms with Crippen LogP contribution in [0.4, 0.5) is 11.5 Å². The van der Waals surface area contributed by atoms with Crippen LogP contribution in [0.1, 0.15) is 6.92 Å². The number of aliphatic carboxylic acids is 1. The zero-order valence-electron chi connectivity index (χ0n) is 13.8. The Balaban J connectivity index is 0.000000954. The second-order valence-electron chi connectivity index (χ2n) is 5.27. The summed E-state index contributed by atoms with van der Waals surface area (Å²) in [5.41, 5.74) is -0.410. The average Bonchev–Trinajstić information content (AvgIpc) is 2.78. The third-order valence-electron chi connectivity index (χ3n) is 3.31. The zero-order valence-corrected chi connectivity index (χ0v) is 15.3. The third-order valence-corrected chi connectivity index (χ3v) is 3.31. The second kappa shape index (κ2) is 9.04. The van der Waals surface area contributed by atoms with E-state index in [-0.39, 0.29) is 41.2 Å². The van der Waals surface area contributed by atoms with Crippen LogP contribution >= 0.6 is 0 Å². The van der Waals surface area contributed by atoms with Gasteiger partial charge < -0.3 is 29.9 Å². The molecule has 140 valence electrons. The number of carbonyl (C=O) groups excluding carboxylic acids is 1. The smallest absolute Gasteiger partial charge is 0.550 e. The van der Waals surface area contributed by atoms with Crippen LogP contribution in [0.2, 0.25) is 0 Å². The maximum atomic E-state index is 12.2. The van der Waals surface area contributed by atoms with E-state index in [2.05, 4.69) is 0 Å². The van der Waals surface area contributed by atoms with Crippen molar-refractivity contribution >= 4 is 17.5 Å². The first-order chi connectivity index (χ1) is 10.6. The van der Waals surface area contributed by atoms with E-state index in [0.29, 0.717) is 18.2 Å².